The monoisotopic (exact) mass is 380 g/mol. The van der Waals surface area contributed by atoms with Gasteiger partial charge >= 0.3 is 12.0 Å². The maximum Gasteiger partial charge on any atom is 0.404 e. The molecule has 1 aromatic carbocycles. The number of rotatable bonds is 7. The summed E-state index contributed by atoms with van der Waals surface area (Å²) in [7, 11) is 1.53. The zero-order valence-corrected chi connectivity index (χ0v) is 14.9. The minimum absolute atomic E-state index is 0.0547. The average Bonchev–Trinajstić information content (AvgIpc) is 3.16. The summed E-state index contributed by atoms with van der Waals surface area (Å²) in [6.07, 6.45) is 0.493. The Labute approximate surface area is 160 Å². The van der Waals surface area contributed by atoms with Crippen molar-refractivity contribution < 1.29 is 23.8 Å². The lowest BCUT2D eigenvalue weighted by Gasteiger charge is -2.07. The second-order valence-electron chi connectivity index (χ2n) is 5.50. The van der Waals surface area contributed by atoms with Gasteiger partial charge in [0, 0.05) is 23.4 Å². The second kappa shape index (κ2) is 8.55. The molecule has 0 atom stereocenters. The van der Waals surface area contributed by atoms with Crippen LogP contribution in [0.15, 0.2) is 47.0 Å². The molecule has 0 spiro atoms. The van der Waals surface area contributed by atoms with Crippen LogP contribution in [-0.2, 0) is 0 Å². The maximum atomic E-state index is 10.4. The van der Waals surface area contributed by atoms with Crippen molar-refractivity contribution in [3.8, 4) is 40.3 Å². The Bertz CT molecular complexity index is 991. The van der Waals surface area contributed by atoms with E-state index in [0.717, 1.165) is 0 Å². The molecule has 0 fully saturated rings. The summed E-state index contributed by atoms with van der Waals surface area (Å²) in [6, 6.07) is 12.4. The van der Waals surface area contributed by atoms with Gasteiger partial charge in [-0.15, -0.1) is 0 Å². The van der Waals surface area contributed by atoms with Crippen molar-refractivity contribution in [1.82, 2.24) is 15.3 Å². The van der Waals surface area contributed by atoms with Crippen molar-refractivity contribution in [2.24, 2.45) is 0 Å². The van der Waals surface area contributed by atoms with Crippen molar-refractivity contribution in [1.29, 1.82) is 5.26 Å². The summed E-state index contributed by atoms with van der Waals surface area (Å²) in [5.41, 5.74) is 1.88. The summed E-state index contributed by atoms with van der Waals surface area (Å²) in [4.78, 5) is 18.8. The van der Waals surface area contributed by atoms with Gasteiger partial charge in [-0.1, -0.05) is 0 Å². The highest BCUT2D eigenvalue weighted by Crippen LogP contribution is 2.33. The zero-order valence-electron chi connectivity index (χ0n) is 14.9. The molecule has 142 valence electrons. The number of benzene rings is 1. The Hall–Kier alpha value is -4.06. The third-order valence-corrected chi connectivity index (χ3v) is 3.71. The molecular weight excluding hydrogens is 364 g/mol. The summed E-state index contributed by atoms with van der Waals surface area (Å²) in [5, 5.41) is 19.9. The molecule has 0 radical (unpaired) electrons. The first-order valence-electron chi connectivity index (χ1n) is 8.22. The fourth-order valence-electron chi connectivity index (χ4n) is 2.43. The van der Waals surface area contributed by atoms with Crippen molar-refractivity contribution in [3.63, 3.8) is 0 Å². The molecular formula is C19H16N4O5. The molecule has 28 heavy (non-hydrogen) atoms. The zero-order chi connectivity index (χ0) is 19.9. The molecule has 2 N–H and O–H groups in total. The molecule has 2 heterocycles. The number of amides is 1. The number of aromatic nitrogens is 2. The minimum atomic E-state index is -1.10. The Kier molecular flexibility index (Phi) is 5.72. The largest absolute Gasteiger partial charge is 0.492 e. The first kappa shape index (κ1) is 18.7. The lowest BCUT2D eigenvalue weighted by molar-refractivity contribution is 0.191. The van der Waals surface area contributed by atoms with E-state index in [-0.39, 0.29) is 19.0 Å². The molecule has 9 nitrogen and oxygen atoms in total. The third kappa shape index (κ3) is 4.37. The van der Waals surface area contributed by atoms with Crippen LogP contribution in [0.2, 0.25) is 0 Å². The van der Waals surface area contributed by atoms with Gasteiger partial charge < -0.3 is 24.3 Å². The highest BCUT2D eigenvalue weighted by molar-refractivity contribution is 5.77. The number of carboxylic acid groups (broad SMARTS) is 1. The van der Waals surface area contributed by atoms with Gasteiger partial charge in [0.15, 0.2) is 11.8 Å². The van der Waals surface area contributed by atoms with Gasteiger partial charge in [0.05, 0.1) is 13.7 Å². The third-order valence-electron chi connectivity index (χ3n) is 3.71. The first-order chi connectivity index (χ1) is 13.6. The van der Waals surface area contributed by atoms with Crippen LogP contribution in [0.25, 0.3) is 22.6 Å². The predicted octanol–water partition coefficient (Wildman–Crippen LogP) is 2.93. The van der Waals surface area contributed by atoms with E-state index >= 15 is 0 Å². The molecule has 0 saturated heterocycles. The van der Waals surface area contributed by atoms with Crippen molar-refractivity contribution in [2.45, 2.75) is 0 Å². The van der Waals surface area contributed by atoms with E-state index < -0.39 is 6.09 Å². The van der Waals surface area contributed by atoms with Crippen molar-refractivity contribution >= 4 is 6.09 Å². The number of hydrogen-bond acceptors (Lipinski definition) is 7. The fourth-order valence-corrected chi connectivity index (χ4v) is 2.43. The summed E-state index contributed by atoms with van der Waals surface area (Å²) >= 11 is 0. The molecule has 9 heteroatoms. The van der Waals surface area contributed by atoms with E-state index in [2.05, 4.69) is 15.3 Å². The van der Waals surface area contributed by atoms with Gasteiger partial charge in [-0.3, -0.25) is 0 Å². The topological polar surface area (TPSA) is 130 Å². The summed E-state index contributed by atoms with van der Waals surface area (Å²) in [6.45, 7) is 0.384. The molecule has 3 rings (SSSR count). The van der Waals surface area contributed by atoms with E-state index in [4.69, 9.17) is 24.3 Å². The van der Waals surface area contributed by atoms with E-state index in [9.17, 15) is 4.79 Å². The van der Waals surface area contributed by atoms with E-state index in [1.165, 1.54) is 7.11 Å². The summed E-state index contributed by atoms with van der Waals surface area (Å²) in [5.74, 6) is 1.42. The standard InChI is InChI=1S/C19H16N4O5/c1-26-15-7-4-13(11-22-15)17-18(28-16(10-20)23-17)12-2-5-14(6-3-12)27-9-8-21-19(24)25/h2-7,11,21H,8-9H2,1H3,(H,24,25). The SMILES string of the molecule is COc1ccc(-c2nc(C#N)oc2-c2ccc(OCCNC(=O)O)cc2)cn1. The first-order valence-corrected chi connectivity index (χ1v) is 8.22. The summed E-state index contributed by atoms with van der Waals surface area (Å²) < 4.78 is 16.1. The van der Waals surface area contributed by atoms with Gasteiger partial charge in [-0.05, 0) is 30.3 Å². The van der Waals surface area contributed by atoms with E-state index in [1.54, 1.807) is 42.6 Å². The number of oxazole rings is 1. The van der Waals surface area contributed by atoms with Crippen molar-refractivity contribution in [3.05, 3.63) is 48.5 Å². The van der Waals surface area contributed by atoms with Gasteiger partial charge in [-0.25, -0.2) is 9.78 Å². The van der Waals surface area contributed by atoms with Crippen LogP contribution in [0.1, 0.15) is 5.89 Å². The Balaban J connectivity index is 1.81. The number of nitriles is 1. The predicted molar refractivity (Wildman–Crippen MR) is 98.0 cm³/mol. The van der Waals surface area contributed by atoms with Gasteiger partial charge in [0.1, 0.15) is 18.1 Å². The van der Waals surface area contributed by atoms with Crippen LogP contribution >= 0.6 is 0 Å². The number of nitrogens with zero attached hydrogens (tertiary/aromatic N) is 3. The fraction of sp³-hybridized carbons (Fsp3) is 0.158. The molecule has 0 unspecified atom stereocenters. The molecule has 0 aliphatic carbocycles. The van der Waals surface area contributed by atoms with Crippen LogP contribution < -0.4 is 14.8 Å². The molecule has 0 aliphatic heterocycles. The molecule has 0 bridgehead atoms. The van der Waals surface area contributed by atoms with Gasteiger partial charge in [-0.2, -0.15) is 10.2 Å². The lowest BCUT2D eigenvalue weighted by Crippen LogP contribution is -2.26. The molecule has 0 saturated carbocycles. The van der Waals surface area contributed by atoms with Crippen molar-refractivity contribution in [2.75, 3.05) is 20.3 Å². The number of ether oxygens (including phenoxy) is 2. The smallest absolute Gasteiger partial charge is 0.404 e. The molecule has 1 amide bonds. The molecule has 0 aliphatic rings. The highest BCUT2D eigenvalue weighted by atomic mass is 16.5. The number of nitrogens with one attached hydrogen (secondary N) is 1. The van der Waals surface area contributed by atoms with Crippen LogP contribution in [0.4, 0.5) is 4.79 Å². The minimum Gasteiger partial charge on any atom is -0.492 e. The van der Waals surface area contributed by atoms with Crippen LogP contribution in [-0.4, -0.2) is 41.4 Å². The van der Waals surface area contributed by atoms with E-state index in [0.29, 0.717) is 34.2 Å². The maximum absolute atomic E-state index is 10.4. The second-order valence-corrected chi connectivity index (χ2v) is 5.50. The Morgan fingerprint density at radius 1 is 1.25 bits per heavy atom. The van der Waals surface area contributed by atoms with Crippen LogP contribution in [0.5, 0.6) is 11.6 Å². The number of methoxy groups -OCH3 is 1. The molecule has 2 aromatic heterocycles. The normalized spacial score (nSPS) is 10.1. The van der Waals surface area contributed by atoms with Gasteiger partial charge in [0.2, 0.25) is 5.88 Å². The van der Waals surface area contributed by atoms with Crippen LogP contribution in [0.3, 0.4) is 0 Å². The van der Waals surface area contributed by atoms with Crippen LogP contribution in [0, 0.1) is 11.3 Å². The lowest BCUT2D eigenvalue weighted by atomic mass is 10.1. The number of carbonyl (C=O) groups is 1. The molecule has 3 aromatic rings. The van der Waals surface area contributed by atoms with Gasteiger partial charge in [0.25, 0.3) is 0 Å². The Morgan fingerprint density at radius 3 is 2.61 bits per heavy atom. The number of hydrogen-bond donors (Lipinski definition) is 2. The van der Waals surface area contributed by atoms with E-state index in [1.807, 2.05) is 6.07 Å². The Morgan fingerprint density at radius 2 is 2.00 bits per heavy atom. The quantitative estimate of drug-likeness (QED) is 0.598. The highest BCUT2D eigenvalue weighted by Gasteiger charge is 2.17. The average molecular weight is 380 g/mol. The number of pyridine rings is 1.